The van der Waals surface area contributed by atoms with Crippen LogP contribution in [0.2, 0.25) is 0 Å². The van der Waals surface area contributed by atoms with E-state index in [-0.39, 0.29) is 5.97 Å². The Morgan fingerprint density at radius 2 is 1.12 bits per heavy atom. The average Bonchev–Trinajstić information content (AvgIpc) is 2.63. The lowest BCUT2D eigenvalue weighted by molar-refractivity contribution is -0.143. The molecule has 0 aliphatic heterocycles. The molecule has 0 rings (SSSR count). The molecule has 2 N–H and O–H groups in total. The average molecular weight is 373 g/mol. The summed E-state index contributed by atoms with van der Waals surface area (Å²) in [6, 6.07) is 0. The third kappa shape index (κ3) is 16.8. The highest BCUT2D eigenvalue weighted by Crippen LogP contribution is 2.15. The summed E-state index contributed by atoms with van der Waals surface area (Å²) >= 11 is 0. The van der Waals surface area contributed by atoms with Crippen LogP contribution in [0.25, 0.3) is 0 Å². The molecular weight excluding hydrogens is 328 g/mol. The monoisotopic (exact) mass is 372 g/mol. The zero-order chi connectivity index (χ0) is 19.5. The first-order chi connectivity index (χ1) is 12.6. The highest BCUT2D eigenvalue weighted by Gasteiger charge is 2.15. The van der Waals surface area contributed by atoms with Crippen LogP contribution in [0.1, 0.15) is 117 Å². The summed E-state index contributed by atoms with van der Waals surface area (Å²) < 4.78 is 4.91. The van der Waals surface area contributed by atoms with Crippen molar-refractivity contribution in [2.75, 3.05) is 6.61 Å². The number of hydrogen-bond acceptors (Lipinski definition) is 4. The number of aliphatic hydroxyl groups excluding tert-OH is 2. The van der Waals surface area contributed by atoms with Gasteiger partial charge in [0.15, 0.2) is 0 Å². The van der Waals surface area contributed by atoms with E-state index in [1.807, 2.05) is 6.92 Å². The largest absolute Gasteiger partial charge is 0.466 e. The second-order valence-corrected chi connectivity index (χ2v) is 7.51. The molecule has 0 amide bonds. The van der Waals surface area contributed by atoms with Crippen molar-refractivity contribution in [1.29, 1.82) is 0 Å². The van der Waals surface area contributed by atoms with Gasteiger partial charge in [0.25, 0.3) is 0 Å². The molecule has 0 saturated heterocycles. The smallest absolute Gasteiger partial charge is 0.305 e. The number of unbranched alkanes of at least 4 members (excludes halogenated alkanes) is 11. The lowest BCUT2D eigenvalue weighted by atomic mass is 9.99. The van der Waals surface area contributed by atoms with Crippen molar-refractivity contribution in [1.82, 2.24) is 0 Å². The molecule has 0 bridgehead atoms. The van der Waals surface area contributed by atoms with Gasteiger partial charge in [-0.1, -0.05) is 84.0 Å². The number of rotatable bonds is 19. The van der Waals surface area contributed by atoms with Crippen LogP contribution < -0.4 is 0 Å². The van der Waals surface area contributed by atoms with Crippen LogP contribution in [0.15, 0.2) is 0 Å². The first kappa shape index (κ1) is 25.4. The lowest BCUT2D eigenvalue weighted by Gasteiger charge is -2.17. The molecule has 0 spiro atoms. The minimum absolute atomic E-state index is 0.0824. The number of aliphatic hydroxyl groups is 2. The van der Waals surface area contributed by atoms with Crippen LogP contribution in [0, 0.1) is 0 Å². The van der Waals surface area contributed by atoms with Gasteiger partial charge < -0.3 is 14.9 Å². The topological polar surface area (TPSA) is 66.8 Å². The van der Waals surface area contributed by atoms with E-state index in [4.69, 9.17) is 4.74 Å². The Kier molecular flexibility index (Phi) is 18.7. The van der Waals surface area contributed by atoms with E-state index >= 15 is 0 Å². The van der Waals surface area contributed by atoms with Gasteiger partial charge in [-0.25, -0.2) is 0 Å². The summed E-state index contributed by atoms with van der Waals surface area (Å²) in [7, 11) is 0. The number of hydrogen-bond donors (Lipinski definition) is 2. The van der Waals surface area contributed by atoms with Crippen molar-refractivity contribution in [2.45, 2.75) is 129 Å². The molecule has 4 heteroatoms. The van der Waals surface area contributed by atoms with Crippen LogP contribution in [0.3, 0.4) is 0 Å². The molecule has 0 aromatic rings. The minimum atomic E-state index is -0.560. The minimum Gasteiger partial charge on any atom is -0.466 e. The Bertz CT molecular complexity index is 307. The standard InChI is InChI=1S/C22H44O4/c1-3-5-6-7-11-14-17-20(23)21(24)18-15-12-9-8-10-13-16-19-22(25)26-4-2/h20-21,23-24H,3-19H2,1-2H3. The van der Waals surface area contributed by atoms with Gasteiger partial charge in [-0.3, -0.25) is 4.79 Å². The molecular formula is C22H44O4. The fraction of sp³-hybridized carbons (Fsp3) is 0.955. The van der Waals surface area contributed by atoms with E-state index < -0.39 is 12.2 Å². The van der Waals surface area contributed by atoms with E-state index in [1.54, 1.807) is 0 Å². The molecule has 0 heterocycles. The molecule has 0 aromatic heterocycles. The normalized spacial score (nSPS) is 13.5. The van der Waals surface area contributed by atoms with Crippen LogP contribution in [0.4, 0.5) is 0 Å². The lowest BCUT2D eigenvalue weighted by Crippen LogP contribution is -2.25. The van der Waals surface area contributed by atoms with Gasteiger partial charge >= 0.3 is 5.97 Å². The summed E-state index contributed by atoms with van der Waals surface area (Å²) in [6.45, 7) is 4.52. The Morgan fingerprint density at radius 3 is 1.58 bits per heavy atom. The molecule has 0 aromatic carbocycles. The van der Waals surface area contributed by atoms with Crippen molar-refractivity contribution < 1.29 is 19.7 Å². The van der Waals surface area contributed by atoms with Crippen LogP contribution in [-0.4, -0.2) is 35.0 Å². The van der Waals surface area contributed by atoms with Gasteiger partial charge in [0.1, 0.15) is 0 Å². The van der Waals surface area contributed by atoms with Gasteiger partial charge in [-0.05, 0) is 26.2 Å². The van der Waals surface area contributed by atoms with Gasteiger partial charge in [0, 0.05) is 6.42 Å². The first-order valence-electron chi connectivity index (χ1n) is 11.1. The highest BCUT2D eigenvalue weighted by atomic mass is 16.5. The maximum Gasteiger partial charge on any atom is 0.305 e. The fourth-order valence-electron chi connectivity index (χ4n) is 3.26. The first-order valence-corrected chi connectivity index (χ1v) is 11.1. The zero-order valence-corrected chi connectivity index (χ0v) is 17.4. The van der Waals surface area contributed by atoms with Gasteiger partial charge in [-0.15, -0.1) is 0 Å². The summed E-state index contributed by atoms with van der Waals surface area (Å²) in [5.74, 6) is -0.0824. The second-order valence-electron chi connectivity index (χ2n) is 7.51. The Hall–Kier alpha value is -0.610. The fourth-order valence-corrected chi connectivity index (χ4v) is 3.26. The summed E-state index contributed by atoms with van der Waals surface area (Å²) in [5, 5.41) is 20.0. The van der Waals surface area contributed by atoms with E-state index in [2.05, 4.69) is 6.92 Å². The Balaban J connectivity index is 3.36. The Labute approximate surface area is 161 Å². The van der Waals surface area contributed by atoms with Crippen LogP contribution >= 0.6 is 0 Å². The Morgan fingerprint density at radius 1 is 0.692 bits per heavy atom. The van der Waals surface area contributed by atoms with E-state index in [1.165, 1.54) is 44.9 Å². The number of carbonyl (C=O) groups is 1. The van der Waals surface area contributed by atoms with Crippen LogP contribution in [0.5, 0.6) is 0 Å². The van der Waals surface area contributed by atoms with E-state index in [0.717, 1.165) is 44.9 Å². The maximum absolute atomic E-state index is 11.2. The molecule has 0 radical (unpaired) electrons. The molecule has 2 unspecified atom stereocenters. The molecule has 4 nitrogen and oxygen atoms in total. The number of ether oxygens (including phenoxy) is 1. The quantitative estimate of drug-likeness (QED) is 0.231. The van der Waals surface area contributed by atoms with Crippen LogP contribution in [-0.2, 0) is 9.53 Å². The molecule has 2 atom stereocenters. The molecule has 0 saturated carbocycles. The van der Waals surface area contributed by atoms with Crippen molar-refractivity contribution in [3.05, 3.63) is 0 Å². The van der Waals surface area contributed by atoms with Gasteiger partial charge in [0.05, 0.1) is 18.8 Å². The third-order valence-electron chi connectivity index (χ3n) is 4.98. The maximum atomic E-state index is 11.2. The summed E-state index contributed by atoms with van der Waals surface area (Å²) in [4.78, 5) is 11.2. The predicted octanol–water partition coefficient (Wildman–Crippen LogP) is 5.53. The molecule has 0 aliphatic carbocycles. The number of esters is 1. The van der Waals surface area contributed by atoms with Crippen molar-refractivity contribution in [2.24, 2.45) is 0 Å². The van der Waals surface area contributed by atoms with E-state index in [9.17, 15) is 15.0 Å². The molecule has 0 fully saturated rings. The summed E-state index contributed by atoms with van der Waals surface area (Å²) in [6.07, 6.45) is 15.7. The third-order valence-corrected chi connectivity index (χ3v) is 4.98. The second kappa shape index (κ2) is 19.2. The molecule has 26 heavy (non-hydrogen) atoms. The van der Waals surface area contributed by atoms with Crippen molar-refractivity contribution in [3.8, 4) is 0 Å². The summed E-state index contributed by atoms with van der Waals surface area (Å²) in [5.41, 5.74) is 0. The molecule has 0 aliphatic rings. The predicted molar refractivity (Wildman–Crippen MR) is 108 cm³/mol. The van der Waals surface area contributed by atoms with Gasteiger partial charge in [0.2, 0.25) is 0 Å². The van der Waals surface area contributed by atoms with Crippen molar-refractivity contribution >= 4 is 5.97 Å². The zero-order valence-electron chi connectivity index (χ0n) is 17.4. The van der Waals surface area contributed by atoms with E-state index in [0.29, 0.717) is 19.4 Å². The SMILES string of the molecule is CCCCCCCCC(O)C(O)CCCCCCCCCC(=O)OCC. The van der Waals surface area contributed by atoms with Gasteiger partial charge in [-0.2, -0.15) is 0 Å². The molecule has 156 valence electrons. The highest BCUT2D eigenvalue weighted by molar-refractivity contribution is 5.69. The van der Waals surface area contributed by atoms with Crippen molar-refractivity contribution in [3.63, 3.8) is 0 Å². The number of carbonyl (C=O) groups excluding carboxylic acids is 1.